The van der Waals surface area contributed by atoms with Gasteiger partial charge in [-0.3, -0.25) is 0 Å². The molecule has 0 aromatic carbocycles. The minimum Gasteiger partial charge on any atom is -0.444 e. The molecular weight excluding hydrogens is 266 g/mol. The van der Waals surface area contributed by atoms with E-state index in [4.69, 9.17) is 4.74 Å². The largest absolute Gasteiger partial charge is 0.444 e. The molecule has 0 bridgehead atoms. The lowest BCUT2D eigenvalue weighted by Gasteiger charge is -2.26. The smallest absolute Gasteiger partial charge is 0.407 e. The summed E-state index contributed by atoms with van der Waals surface area (Å²) in [7, 11) is 0. The Morgan fingerprint density at radius 1 is 1.33 bits per heavy atom. The van der Waals surface area contributed by atoms with Crippen LogP contribution in [0.25, 0.3) is 0 Å². The number of hydrogen-bond acceptors (Lipinski definition) is 4. The van der Waals surface area contributed by atoms with Crippen LogP contribution < -0.4 is 16.0 Å². The molecule has 1 fully saturated rings. The molecule has 0 aromatic rings. The van der Waals surface area contributed by atoms with Crippen molar-refractivity contribution in [2.45, 2.75) is 65.0 Å². The Kier molecular flexibility index (Phi) is 8.04. The molecule has 1 rings (SSSR count). The Hall–Kier alpha value is -0.810. The summed E-state index contributed by atoms with van der Waals surface area (Å²) in [4.78, 5) is 11.7. The number of amides is 1. The molecular formula is C16H33N3O2. The fourth-order valence-corrected chi connectivity index (χ4v) is 2.56. The molecule has 5 heteroatoms. The molecule has 1 atom stereocenters. The van der Waals surface area contributed by atoms with E-state index in [1.54, 1.807) is 0 Å². The number of piperidine rings is 1. The standard InChI is InChI=1S/C16H33N3O2/c1-5-6-14(12-19-15(20)21-16(2,3)4)18-11-13-7-9-17-10-8-13/h13-14,17-18H,5-12H2,1-4H3,(H,19,20). The van der Waals surface area contributed by atoms with E-state index in [2.05, 4.69) is 22.9 Å². The van der Waals surface area contributed by atoms with Crippen molar-refractivity contribution in [2.24, 2.45) is 5.92 Å². The van der Waals surface area contributed by atoms with Gasteiger partial charge in [0.2, 0.25) is 0 Å². The average Bonchev–Trinajstić information content (AvgIpc) is 2.41. The average molecular weight is 299 g/mol. The van der Waals surface area contributed by atoms with Gasteiger partial charge < -0.3 is 20.7 Å². The Balaban J connectivity index is 2.26. The lowest BCUT2D eigenvalue weighted by atomic mass is 9.97. The van der Waals surface area contributed by atoms with Crippen LogP contribution in [0.2, 0.25) is 0 Å². The zero-order valence-electron chi connectivity index (χ0n) is 14.1. The number of hydrogen-bond donors (Lipinski definition) is 3. The number of nitrogens with one attached hydrogen (secondary N) is 3. The molecule has 1 unspecified atom stereocenters. The van der Waals surface area contributed by atoms with Crippen LogP contribution in [0.1, 0.15) is 53.4 Å². The van der Waals surface area contributed by atoms with E-state index in [-0.39, 0.29) is 6.09 Å². The molecule has 1 amide bonds. The maximum absolute atomic E-state index is 11.7. The van der Waals surface area contributed by atoms with Gasteiger partial charge in [-0.05, 0) is 65.6 Å². The van der Waals surface area contributed by atoms with Gasteiger partial charge in [0.15, 0.2) is 0 Å². The number of alkyl carbamates (subject to hydrolysis) is 1. The minimum atomic E-state index is -0.438. The fraction of sp³-hybridized carbons (Fsp3) is 0.938. The van der Waals surface area contributed by atoms with Crippen LogP contribution in [0.3, 0.4) is 0 Å². The van der Waals surface area contributed by atoms with E-state index in [9.17, 15) is 4.79 Å². The Morgan fingerprint density at radius 3 is 2.57 bits per heavy atom. The number of carbonyl (C=O) groups excluding carboxylic acids is 1. The monoisotopic (exact) mass is 299 g/mol. The van der Waals surface area contributed by atoms with E-state index in [1.165, 1.54) is 12.8 Å². The maximum atomic E-state index is 11.7. The van der Waals surface area contributed by atoms with Crippen LogP contribution in [-0.4, -0.2) is 43.9 Å². The van der Waals surface area contributed by atoms with E-state index >= 15 is 0 Å². The van der Waals surface area contributed by atoms with Gasteiger partial charge in [0.25, 0.3) is 0 Å². The summed E-state index contributed by atoms with van der Waals surface area (Å²) >= 11 is 0. The topological polar surface area (TPSA) is 62.4 Å². The molecule has 1 aliphatic rings. The van der Waals surface area contributed by atoms with Crippen molar-refractivity contribution in [2.75, 3.05) is 26.2 Å². The summed E-state index contributed by atoms with van der Waals surface area (Å²) in [5.74, 6) is 0.757. The van der Waals surface area contributed by atoms with Gasteiger partial charge in [-0.2, -0.15) is 0 Å². The van der Waals surface area contributed by atoms with Crippen molar-refractivity contribution in [3.8, 4) is 0 Å². The predicted octanol–water partition coefficient (Wildman–Crippen LogP) is 2.27. The second-order valence-corrected chi connectivity index (χ2v) is 6.97. The van der Waals surface area contributed by atoms with Gasteiger partial charge in [0, 0.05) is 12.6 Å². The van der Waals surface area contributed by atoms with Crippen molar-refractivity contribution in [3.63, 3.8) is 0 Å². The predicted molar refractivity (Wildman–Crippen MR) is 86.5 cm³/mol. The molecule has 0 aliphatic carbocycles. The zero-order valence-corrected chi connectivity index (χ0v) is 14.1. The van der Waals surface area contributed by atoms with Gasteiger partial charge >= 0.3 is 6.09 Å². The molecule has 21 heavy (non-hydrogen) atoms. The molecule has 124 valence electrons. The highest BCUT2D eigenvalue weighted by Gasteiger charge is 2.18. The summed E-state index contributed by atoms with van der Waals surface area (Å²) in [5, 5.41) is 9.87. The minimum absolute atomic E-state index is 0.327. The number of ether oxygens (including phenoxy) is 1. The first kappa shape index (κ1) is 18.2. The van der Waals surface area contributed by atoms with Crippen LogP contribution >= 0.6 is 0 Å². The maximum Gasteiger partial charge on any atom is 0.407 e. The van der Waals surface area contributed by atoms with E-state index < -0.39 is 5.60 Å². The Labute approximate surface area is 129 Å². The van der Waals surface area contributed by atoms with Crippen LogP contribution in [0.4, 0.5) is 4.79 Å². The van der Waals surface area contributed by atoms with E-state index in [1.807, 2.05) is 20.8 Å². The summed E-state index contributed by atoms with van der Waals surface area (Å²) in [6, 6.07) is 0.331. The summed E-state index contributed by atoms with van der Waals surface area (Å²) in [6.45, 7) is 11.7. The lowest BCUT2D eigenvalue weighted by Crippen LogP contribution is -2.45. The van der Waals surface area contributed by atoms with Gasteiger partial charge in [0.1, 0.15) is 5.60 Å². The molecule has 0 radical (unpaired) electrons. The van der Waals surface area contributed by atoms with E-state index in [0.717, 1.165) is 38.4 Å². The van der Waals surface area contributed by atoms with Crippen LogP contribution in [-0.2, 0) is 4.74 Å². The van der Waals surface area contributed by atoms with Crippen molar-refractivity contribution < 1.29 is 9.53 Å². The molecule has 0 aromatic heterocycles. The molecule has 1 heterocycles. The molecule has 3 N–H and O–H groups in total. The Bertz CT molecular complexity index is 296. The number of carbonyl (C=O) groups is 1. The molecule has 0 saturated carbocycles. The second kappa shape index (κ2) is 9.26. The van der Waals surface area contributed by atoms with Gasteiger partial charge in [-0.15, -0.1) is 0 Å². The van der Waals surface area contributed by atoms with Crippen LogP contribution in [0.15, 0.2) is 0 Å². The normalized spacial score (nSPS) is 18.3. The highest BCUT2D eigenvalue weighted by molar-refractivity contribution is 5.67. The first-order valence-electron chi connectivity index (χ1n) is 8.31. The van der Waals surface area contributed by atoms with Crippen molar-refractivity contribution in [1.29, 1.82) is 0 Å². The van der Waals surface area contributed by atoms with Crippen molar-refractivity contribution in [3.05, 3.63) is 0 Å². The van der Waals surface area contributed by atoms with Gasteiger partial charge in [-0.25, -0.2) is 4.79 Å². The molecule has 1 saturated heterocycles. The Morgan fingerprint density at radius 2 is 2.00 bits per heavy atom. The lowest BCUT2D eigenvalue weighted by molar-refractivity contribution is 0.0521. The summed E-state index contributed by atoms with van der Waals surface area (Å²) in [5.41, 5.74) is -0.438. The van der Waals surface area contributed by atoms with Crippen LogP contribution in [0.5, 0.6) is 0 Å². The highest BCUT2D eigenvalue weighted by atomic mass is 16.6. The van der Waals surface area contributed by atoms with Gasteiger partial charge in [-0.1, -0.05) is 13.3 Å². The summed E-state index contributed by atoms with van der Waals surface area (Å²) < 4.78 is 5.27. The molecule has 5 nitrogen and oxygen atoms in total. The first-order chi connectivity index (χ1) is 9.90. The van der Waals surface area contributed by atoms with E-state index in [0.29, 0.717) is 12.6 Å². The third-order valence-corrected chi connectivity index (χ3v) is 3.68. The SMILES string of the molecule is CCCC(CNC(=O)OC(C)(C)C)NCC1CCNCC1. The fourth-order valence-electron chi connectivity index (χ4n) is 2.56. The zero-order chi connectivity index (χ0) is 15.7. The molecule has 0 spiro atoms. The third-order valence-electron chi connectivity index (χ3n) is 3.68. The van der Waals surface area contributed by atoms with Gasteiger partial charge in [0.05, 0.1) is 0 Å². The highest BCUT2D eigenvalue weighted by Crippen LogP contribution is 2.11. The third kappa shape index (κ3) is 8.94. The van der Waals surface area contributed by atoms with Crippen molar-refractivity contribution in [1.82, 2.24) is 16.0 Å². The summed E-state index contributed by atoms with van der Waals surface area (Å²) in [6.07, 6.45) is 4.34. The van der Waals surface area contributed by atoms with Crippen LogP contribution in [0, 0.1) is 5.92 Å². The quantitative estimate of drug-likeness (QED) is 0.675. The second-order valence-electron chi connectivity index (χ2n) is 6.97. The number of rotatable bonds is 7. The van der Waals surface area contributed by atoms with Crippen molar-refractivity contribution >= 4 is 6.09 Å². The first-order valence-corrected chi connectivity index (χ1v) is 8.31. The molecule has 1 aliphatic heterocycles.